The van der Waals surface area contributed by atoms with Crippen LogP contribution in [0.25, 0.3) is 0 Å². The first-order valence-electron chi connectivity index (χ1n) is 6.93. The Morgan fingerprint density at radius 1 is 0.538 bits per heavy atom. The van der Waals surface area contributed by atoms with Crippen LogP contribution in [0.1, 0.15) is 11.1 Å². The minimum Gasteiger partial charge on any atom is -0.262 e. The van der Waals surface area contributed by atoms with E-state index in [0.717, 1.165) is 24.3 Å². The summed E-state index contributed by atoms with van der Waals surface area (Å²) in [6.07, 6.45) is 0. The molecule has 0 aliphatic carbocycles. The molecule has 12 heteroatoms. The third kappa shape index (κ3) is 2.23. The second kappa shape index (κ2) is 6.51. The molecule has 12 nitrogen and oxygen atoms in total. The number of rotatable bonds is 7. The van der Waals surface area contributed by atoms with Gasteiger partial charge in [-0.25, -0.2) is 0 Å². The van der Waals surface area contributed by atoms with Crippen molar-refractivity contribution < 1.29 is 19.7 Å². The topological polar surface area (TPSA) is 173 Å². The zero-order valence-corrected chi connectivity index (χ0v) is 12.8. The van der Waals surface area contributed by atoms with Crippen molar-refractivity contribution in [2.24, 2.45) is 0 Å². The molecule has 0 aliphatic heterocycles. The lowest BCUT2D eigenvalue weighted by Gasteiger charge is -2.25. The number of nitrogens with zero attached hydrogens (tertiary/aromatic N) is 4. The molecule has 0 bridgehead atoms. The van der Waals surface area contributed by atoms with Crippen LogP contribution in [-0.4, -0.2) is 25.5 Å². The molecule has 0 aromatic heterocycles. The number of benzene rings is 2. The second-order valence-electron chi connectivity index (χ2n) is 5.11. The summed E-state index contributed by atoms with van der Waals surface area (Å²) in [4.78, 5) is 40.1. The maximum absolute atomic E-state index is 12.1. The fourth-order valence-electron chi connectivity index (χ4n) is 2.84. The van der Waals surface area contributed by atoms with E-state index in [0.29, 0.717) is 0 Å². The first-order chi connectivity index (χ1) is 12.2. The largest absolute Gasteiger partial charge is 0.779 e. The van der Waals surface area contributed by atoms with E-state index >= 15 is 0 Å². The molecule has 0 amide bonds. The zero-order valence-electron chi connectivity index (χ0n) is 12.8. The monoisotopic (exact) mass is 362 g/mol. The zero-order chi connectivity index (χ0) is 19.5. The van der Waals surface area contributed by atoms with Crippen LogP contribution in [0.2, 0.25) is 0 Å². The van der Waals surface area contributed by atoms with E-state index in [9.17, 15) is 40.5 Å². The van der Waals surface area contributed by atoms with Gasteiger partial charge in [0.2, 0.25) is 0 Å². The molecule has 0 fully saturated rings. The van der Waals surface area contributed by atoms with Crippen molar-refractivity contribution in [3.05, 3.63) is 112 Å². The van der Waals surface area contributed by atoms with E-state index in [2.05, 4.69) is 0 Å². The first kappa shape index (κ1) is 18.4. The van der Waals surface area contributed by atoms with Crippen LogP contribution in [0, 0.1) is 40.5 Å². The molecule has 0 saturated carbocycles. The Hall–Kier alpha value is -3.96. The minimum absolute atomic E-state index is 0.568. The van der Waals surface area contributed by atoms with Gasteiger partial charge in [-0.1, -0.05) is 60.7 Å². The van der Waals surface area contributed by atoms with Crippen molar-refractivity contribution in [3.63, 3.8) is 0 Å². The van der Waals surface area contributed by atoms with Gasteiger partial charge in [0.15, 0.2) is 14.8 Å². The van der Waals surface area contributed by atoms with Crippen molar-refractivity contribution in [2.75, 3.05) is 0 Å². The van der Waals surface area contributed by atoms with Crippen LogP contribution in [0.15, 0.2) is 60.7 Å². The highest BCUT2D eigenvalue weighted by molar-refractivity contribution is 5.38. The van der Waals surface area contributed by atoms with Gasteiger partial charge in [-0.05, 0) is 0 Å². The summed E-state index contributed by atoms with van der Waals surface area (Å²) in [6, 6.07) is 11.8. The molecule has 0 atom stereocenters. The predicted molar refractivity (Wildman–Crippen MR) is 84.4 cm³/mol. The molecule has 0 unspecified atom stereocenters. The quantitative estimate of drug-likeness (QED) is 0.406. The number of hydrogen-bond donors (Lipinski definition) is 0. The normalized spacial score (nSPS) is 11.5. The molecule has 2 rings (SSSR count). The van der Waals surface area contributed by atoms with Crippen LogP contribution in [0.5, 0.6) is 0 Å². The third-order valence-electron chi connectivity index (χ3n) is 3.91. The SMILES string of the molecule is O=[N+]([O-])C(c1ccccc1)(c1ccccc1)C([N+](=O)[O-])([N+](=O)[O-])[N+](=O)[O-]. The van der Waals surface area contributed by atoms with Crippen molar-refractivity contribution in [1.29, 1.82) is 0 Å². The van der Waals surface area contributed by atoms with E-state index in [1.165, 1.54) is 36.4 Å². The van der Waals surface area contributed by atoms with Crippen LogP contribution in [0.3, 0.4) is 0 Å². The van der Waals surface area contributed by atoms with E-state index in [4.69, 9.17) is 0 Å². The molecule has 0 heterocycles. The smallest absolute Gasteiger partial charge is 0.262 e. The fourth-order valence-corrected chi connectivity index (χ4v) is 2.84. The molecule has 2 aromatic rings. The van der Waals surface area contributed by atoms with Gasteiger partial charge in [-0.15, -0.1) is 0 Å². The van der Waals surface area contributed by atoms with Gasteiger partial charge in [-0.3, -0.25) is 40.5 Å². The maximum atomic E-state index is 12.1. The molecule has 0 saturated heterocycles. The van der Waals surface area contributed by atoms with Gasteiger partial charge < -0.3 is 0 Å². The standard InChI is InChI=1S/C14H10N4O8/c19-15(20)13(11-7-3-1-4-8-11,12-9-5-2-6-10-12)14(16(21)22,17(23)24)18(25)26/h1-10H. The summed E-state index contributed by atoms with van der Waals surface area (Å²) in [6.45, 7) is 0. The average Bonchev–Trinajstić information content (AvgIpc) is 2.59. The lowest BCUT2D eigenvalue weighted by Crippen LogP contribution is -2.70. The van der Waals surface area contributed by atoms with Gasteiger partial charge >= 0.3 is 11.3 Å². The van der Waals surface area contributed by atoms with E-state index in [-0.39, 0.29) is 0 Å². The second-order valence-corrected chi connectivity index (χ2v) is 5.11. The van der Waals surface area contributed by atoms with Crippen LogP contribution < -0.4 is 0 Å². The first-order valence-corrected chi connectivity index (χ1v) is 6.93. The van der Waals surface area contributed by atoms with Crippen molar-refractivity contribution >= 4 is 0 Å². The molecule has 2 aromatic carbocycles. The van der Waals surface area contributed by atoms with Gasteiger partial charge in [0.25, 0.3) is 0 Å². The highest BCUT2D eigenvalue weighted by Gasteiger charge is 2.94. The Morgan fingerprint density at radius 2 is 0.846 bits per heavy atom. The van der Waals surface area contributed by atoms with Crippen LogP contribution in [0.4, 0.5) is 0 Å². The van der Waals surface area contributed by atoms with Gasteiger partial charge in [-0.2, -0.15) is 0 Å². The molecule has 0 spiro atoms. The highest BCUT2D eigenvalue weighted by atomic mass is 16.7. The molecule has 0 radical (unpaired) electrons. The maximum Gasteiger partial charge on any atom is 0.779 e. The Balaban J connectivity index is 3.15. The Labute approximate surface area is 144 Å². The van der Waals surface area contributed by atoms with Crippen LogP contribution in [-0.2, 0) is 5.54 Å². The Kier molecular flexibility index (Phi) is 4.60. The Bertz CT molecular complexity index is 795. The molecule has 0 aliphatic rings. The van der Waals surface area contributed by atoms with Gasteiger partial charge in [0.1, 0.15) is 0 Å². The molecular weight excluding hydrogens is 352 g/mol. The predicted octanol–water partition coefficient (Wildman–Crippen LogP) is 1.69. The minimum atomic E-state index is -4.39. The summed E-state index contributed by atoms with van der Waals surface area (Å²) in [5.41, 5.74) is -4.55. The summed E-state index contributed by atoms with van der Waals surface area (Å²) in [5, 5.41) is 46.9. The molecule has 0 N–H and O–H groups in total. The summed E-state index contributed by atoms with van der Waals surface area (Å²) in [5.74, 6) is -4.39. The van der Waals surface area contributed by atoms with E-state index in [1.807, 2.05) is 0 Å². The Morgan fingerprint density at radius 3 is 1.08 bits per heavy atom. The number of nitro groups is 4. The van der Waals surface area contributed by atoms with E-state index in [1.54, 1.807) is 0 Å². The van der Waals surface area contributed by atoms with Crippen molar-refractivity contribution in [2.45, 2.75) is 11.3 Å². The van der Waals surface area contributed by atoms with Gasteiger partial charge in [0.05, 0.1) is 16.1 Å². The van der Waals surface area contributed by atoms with E-state index < -0.39 is 42.1 Å². The van der Waals surface area contributed by atoms with Crippen molar-refractivity contribution in [1.82, 2.24) is 0 Å². The summed E-state index contributed by atoms with van der Waals surface area (Å²) in [7, 11) is 0. The highest BCUT2D eigenvalue weighted by Crippen LogP contribution is 2.45. The summed E-state index contributed by atoms with van der Waals surface area (Å²) >= 11 is 0. The van der Waals surface area contributed by atoms with Crippen molar-refractivity contribution in [3.8, 4) is 0 Å². The summed E-state index contributed by atoms with van der Waals surface area (Å²) < 4.78 is 0. The third-order valence-corrected chi connectivity index (χ3v) is 3.91. The average molecular weight is 362 g/mol. The van der Waals surface area contributed by atoms with Crippen LogP contribution >= 0.6 is 0 Å². The molecule has 134 valence electrons. The lowest BCUT2D eigenvalue weighted by molar-refractivity contribution is -1.01. The lowest BCUT2D eigenvalue weighted by atomic mass is 9.77. The fraction of sp³-hybridized carbons (Fsp3) is 0.143. The number of hydrogen-bond acceptors (Lipinski definition) is 8. The molecular formula is C14H10N4O8. The van der Waals surface area contributed by atoms with Gasteiger partial charge in [0, 0.05) is 0 Å². The molecule has 26 heavy (non-hydrogen) atoms.